The van der Waals surface area contributed by atoms with E-state index in [1.165, 1.54) is 0 Å². The lowest BCUT2D eigenvalue weighted by molar-refractivity contribution is 0.128. The monoisotopic (exact) mass is 299 g/mol. The van der Waals surface area contributed by atoms with Crippen LogP contribution < -0.4 is 0 Å². The molecule has 0 radical (unpaired) electrons. The third-order valence-electron chi connectivity index (χ3n) is 3.04. The predicted molar refractivity (Wildman–Crippen MR) is 83.1 cm³/mol. The summed E-state index contributed by atoms with van der Waals surface area (Å²) in [5.41, 5.74) is 2.40. The molecule has 106 valence electrons. The van der Waals surface area contributed by atoms with Crippen LogP contribution in [-0.2, 0) is 11.3 Å². The lowest BCUT2D eigenvalue weighted by Crippen LogP contribution is -2.01. The highest BCUT2D eigenvalue weighted by molar-refractivity contribution is 6.29. The van der Waals surface area contributed by atoms with Crippen molar-refractivity contribution < 1.29 is 4.74 Å². The van der Waals surface area contributed by atoms with Gasteiger partial charge in [-0.15, -0.1) is 0 Å². The fourth-order valence-corrected chi connectivity index (χ4v) is 2.26. The molecule has 0 aliphatic heterocycles. The molecule has 2 aromatic heterocycles. The highest BCUT2D eigenvalue weighted by Gasteiger charge is 2.08. The van der Waals surface area contributed by atoms with Crippen LogP contribution in [0.4, 0.5) is 0 Å². The van der Waals surface area contributed by atoms with Gasteiger partial charge in [0, 0.05) is 18.1 Å². The topological polar surface area (TPSA) is 47.9 Å². The number of benzene rings is 1. The first-order chi connectivity index (χ1) is 10.3. The van der Waals surface area contributed by atoms with E-state index in [9.17, 15) is 0 Å². The number of fused-ring (bicyclic) bond motifs is 1. The summed E-state index contributed by atoms with van der Waals surface area (Å²) in [6.45, 7) is 2.88. The third kappa shape index (κ3) is 3.17. The van der Waals surface area contributed by atoms with Crippen molar-refractivity contribution in [1.29, 1.82) is 0 Å². The smallest absolute Gasteiger partial charge is 0.156 e. The highest BCUT2D eigenvalue weighted by atomic mass is 35.5. The number of ether oxygens (including phenoxy) is 1. The number of halogens is 1. The van der Waals surface area contributed by atoms with Gasteiger partial charge in [0.1, 0.15) is 11.8 Å². The van der Waals surface area contributed by atoms with Crippen LogP contribution in [0.3, 0.4) is 0 Å². The third-order valence-corrected chi connectivity index (χ3v) is 3.23. The second-order valence-electron chi connectivity index (χ2n) is 4.52. The Balaban J connectivity index is 2.02. The minimum Gasteiger partial charge on any atom is -0.374 e. The average Bonchev–Trinajstić information content (AvgIpc) is 2.52. The van der Waals surface area contributed by atoms with Crippen molar-refractivity contribution in [3.05, 3.63) is 53.4 Å². The van der Waals surface area contributed by atoms with Gasteiger partial charge < -0.3 is 4.74 Å². The molecule has 0 spiro atoms. The summed E-state index contributed by atoms with van der Waals surface area (Å²) in [7, 11) is 0. The molecule has 0 N–H and O–H groups in total. The zero-order chi connectivity index (χ0) is 14.7. The molecule has 5 heteroatoms. The Morgan fingerprint density at radius 1 is 1.00 bits per heavy atom. The second-order valence-corrected chi connectivity index (χ2v) is 4.91. The van der Waals surface area contributed by atoms with Crippen LogP contribution in [0.15, 0.2) is 42.5 Å². The molecule has 3 rings (SSSR count). The maximum Gasteiger partial charge on any atom is 0.156 e. The Kier molecular flexibility index (Phi) is 4.08. The van der Waals surface area contributed by atoms with Crippen molar-refractivity contribution in [3.63, 3.8) is 0 Å². The summed E-state index contributed by atoms with van der Waals surface area (Å²) in [4.78, 5) is 13.2. The van der Waals surface area contributed by atoms with E-state index in [2.05, 4.69) is 15.0 Å². The average molecular weight is 300 g/mol. The van der Waals surface area contributed by atoms with Gasteiger partial charge in [0.2, 0.25) is 0 Å². The molecular weight excluding hydrogens is 286 g/mol. The van der Waals surface area contributed by atoms with Crippen LogP contribution in [0, 0.1) is 0 Å². The minimum atomic E-state index is 0.345. The fraction of sp³-hybridized carbons (Fsp3) is 0.188. The molecule has 0 aliphatic rings. The van der Waals surface area contributed by atoms with E-state index >= 15 is 0 Å². The van der Waals surface area contributed by atoms with Crippen molar-refractivity contribution in [2.24, 2.45) is 0 Å². The zero-order valence-corrected chi connectivity index (χ0v) is 12.3. The SMILES string of the molecule is CCOCc1nc(Cl)cc(-c2ccc3ccccc3n2)n1. The molecule has 0 unspecified atom stereocenters. The Hall–Kier alpha value is -2.04. The molecule has 0 saturated carbocycles. The van der Waals surface area contributed by atoms with Crippen molar-refractivity contribution in [2.45, 2.75) is 13.5 Å². The molecule has 0 bridgehead atoms. The first-order valence-electron chi connectivity index (χ1n) is 6.73. The molecule has 2 heterocycles. The van der Waals surface area contributed by atoms with Crippen molar-refractivity contribution in [1.82, 2.24) is 15.0 Å². The molecule has 1 aromatic carbocycles. The van der Waals surface area contributed by atoms with Crippen molar-refractivity contribution in [3.8, 4) is 11.4 Å². The number of pyridine rings is 1. The van der Waals surface area contributed by atoms with Gasteiger partial charge in [-0.3, -0.25) is 0 Å². The summed E-state index contributed by atoms with van der Waals surface area (Å²) < 4.78 is 5.33. The van der Waals surface area contributed by atoms with Gasteiger partial charge >= 0.3 is 0 Å². The van der Waals surface area contributed by atoms with Crippen molar-refractivity contribution in [2.75, 3.05) is 6.61 Å². The number of para-hydroxylation sites is 1. The van der Waals surface area contributed by atoms with E-state index in [-0.39, 0.29) is 0 Å². The molecule has 0 amide bonds. The summed E-state index contributed by atoms with van der Waals surface area (Å²) in [5, 5.41) is 1.49. The van der Waals surface area contributed by atoms with Crippen LogP contribution in [0.25, 0.3) is 22.3 Å². The number of rotatable bonds is 4. The van der Waals surface area contributed by atoms with Gasteiger partial charge in [-0.2, -0.15) is 0 Å². The Morgan fingerprint density at radius 2 is 1.86 bits per heavy atom. The molecule has 0 saturated heterocycles. The van der Waals surface area contributed by atoms with Gasteiger partial charge in [0.05, 0.1) is 16.9 Å². The van der Waals surface area contributed by atoms with E-state index in [0.717, 1.165) is 16.6 Å². The Bertz CT molecular complexity index is 776. The maximum atomic E-state index is 6.06. The van der Waals surface area contributed by atoms with Gasteiger partial charge in [0.25, 0.3) is 0 Å². The number of hydrogen-bond donors (Lipinski definition) is 0. The summed E-state index contributed by atoms with van der Waals surface area (Å²) in [5.74, 6) is 0.564. The lowest BCUT2D eigenvalue weighted by Gasteiger charge is -2.06. The van der Waals surface area contributed by atoms with E-state index in [1.54, 1.807) is 6.07 Å². The highest BCUT2D eigenvalue weighted by Crippen LogP contribution is 2.21. The van der Waals surface area contributed by atoms with Crippen LogP contribution in [0.1, 0.15) is 12.7 Å². The first kappa shape index (κ1) is 13.9. The first-order valence-corrected chi connectivity index (χ1v) is 7.11. The molecule has 3 aromatic rings. The van der Waals surface area contributed by atoms with Gasteiger partial charge in [0.15, 0.2) is 5.82 Å². The fourth-order valence-electron chi connectivity index (χ4n) is 2.06. The van der Waals surface area contributed by atoms with Crippen LogP contribution in [0.2, 0.25) is 5.15 Å². The number of aromatic nitrogens is 3. The summed E-state index contributed by atoms with van der Waals surface area (Å²) >= 11 is 6.06. The van der Waals surface area contributed by atoms with E-state index in [4.69, 9.17) is 16.3 Å². The molecular formula is C16H14ClN3O. The van der Waals surface area contributed by atoms with E-state index in [1.807, 2.05) is 43.3 Å². The van der Waals surface area contributed by atoms with Gasteiger partial charge in [-0.25, -0.2) is 15.0 Å². The Labute approximate surface area is 127 Å². The van der Waals surface area contributed by atoms with Gasteiger partial charge in [-0.05, 0) is 19.1 Å². The summed E-state index contributed by atoms with van der Waals surface area (Å²) in [6, 6.07) is 13.6. The van der Waals surface area contributed by atoms with E-state index in [0.29, 0.717) is 29.9 Å². The van der Waals surface area contributed by atoms with Crippen LogP contribution in [-0.4, -0.2) is 21.6 Å². The Morgan fingerprint density at radius 3 is 2.71 bits per heavy atom. The van der Waals surface area contributed by atoms with Crippen LogP contribution >= 0.6 is 11.6 Å². The number of nitrogens with zero attached hydrogens (tertiary/aromatic N) is 3. The normalized spacial score (nSPS) is 11.0. The zero-order valence-electron chi connectivity index (χ0n) is 11.6. The van der Waals surface area contributed by atoms with Gasteiger partial charge in [-0.1, -0.05) is 35.9 Å². The lowest BCUT2D eigenvalue weighted by atomic mass is 10.2. The summed E-state index contributed by atoms with van der Waals surface area (Å²) in [6.07, 6.45) is 0. The van der Waals surface area contributed by atoms with E-state index < -0.39 is 0 Å². The molecule has 0 aliphatic carbocycles. The molecule has 21 heavy (non-hydrogen) atoms. The molecule has 4 nitrogen and oxygen atoms in total. The molecule has 0 fully saturated rings. The standard InChI is InChI=1S/C16H14ClN3O/c1-2-21-10-16-19-14(9-15(17)20-16)13-8-7-11-5-3-4-6-12(11)18-13/h3-9H,2,10H2,1H3. The molecule has 0 atom stereocenters. The van der Waals surface area contributed by atoms with Crippen molar-refractivity contribution >= 4 is 22.5 Å². The second kappa shape index (κ2) is 6.16. The largest absolute Gasteiger partial charge is 0.374 e. The predicted octanol–water partition coefficient (Wildman–Crippen LogP) is 3.88. The minimum absolute atomic E-state index is 0.345. The quantitative estimate of drug-likeness (QED) is 0.686. The van der Waals surface area contributed by atoms with Crippen LogP contribution in [0.5, 0.6) is 0 Å². The maximum absolute atomic E-state index is 6.06. The number of hydrogen-bond acceptors (Lipinski definition) is 4.